The number of fused-ring (bicyclic) bond motifs is 1. The Labute approximate surface area is 177 Å². The number of phenolic OH excluding ortho intramolecular Hbond substituents is 1. The maximum Gasteiger partial charge on any atom is 0.271 e. The van der Waals surface area contributed by atoms with Gasteiger partial charge < -0.3 is 14.8 Å². The number of ether oxygens (including phenoxy) is 1. The highest BCUT2D eigenvalue weighted by Gasteiger charge is 2.07. The minimum absolute atomic E-state index is 0.0157. The van der Waals surface area contributed by atoms with Crippen LogP contribution in [0.25, 0.3) is 11.0 Å². The molecule has 0 saturated carbocycles. The van der Waals surface area contributed by atoms with Gasteiger partial charge >= 0.3 is 0 Å². The molecule has 0 bridgehead atoms. The molecule has 0 spiro atoms. The number of carbonyl (C=O) groups is 1. The van der Waals surface area contributed by atoms with E-state index >= 15 is 0 Å². The number of hydrazone groups is 1. The van der Waals surface area contributed by atoms with Crippen LogP contribution in [0.1, 0.15) is 21.5 Å². The SMILES string of the molecule is O=C(N/N=C/c1cc(OCc2cccc(Cl)c2)ccc1O)c1ccc2nc[nH]c2c1. The van der Waals surface area contributed by atoms with Gasteiger partial charge in [0.2, 0.25) is 0 Å². The molecule has 3 aromatic carbocycles. The van der Waals surface area contributed by atoms with Gasteiger partial charge in [-0.05, 0) is 54.1 Å². The highest BCUT2D eigenvalue weighted by molar-refractivity contribution is 6.30. The number of nitrogens with zero attached hydrogens (tertiary/aromatic N) is 2. The van der Waals surface area contributed by atoms with Crippen LogP contribution in [0.4, 0.5) is 0 Å². The normalized spacial score (nSPS) is 11.1. The number of imidazole rings is 1. The smallest absolute Gasteiger partial charge is 0.271 e. The predicted molar refractivity (Wildman–Crippen MR) is 115 cm³/mol. The Morgan fingerprint density at radius 1 is 1.20 bits per heavy atom. The summed E-state index contributed by atoms with van der Waals surface area (Å²) in [6.45, 7) is 0.328. The van der Waals surface area contributed by atoms with Gasteiger partial charge in [0, 0.05) is 16.1 Å². The summed E-state index contributed by atoms with van der Waals surface area (Å²) in [5, 5.41) is 14.6. The second kappa shape index (κ2) is 8.67. The summed E-state index contributed by atoms with van der Waals surface area (Å²) in [6, 6.07) is 17.3. The molecular formula is C22H17ClN4O3. The molecule has 7 nitrogen and oxygen atoms in total. The van der Waals surface area contributed by atoms with Crippen molar-refractivity contribution in [2.45, 2.75) is 6.61 Å². The van der Waals surface area contributed by atoms with Crippen LogP contribution in [0.5, 0.6) is 11.5 Å². The third-order valence-corrected chi connectivity index (χ3v) is 4.58. The van der Waals surface area contributed by atoms with Crippen molar-refractivity contribution >= 4 is 34.8 Å². The molecular weight excluding hydrogens is 404 g/mol. The lowest BCUT2D eigenvalue weighted by molar-refractivity contribution is 0.0955. The Kier molecular flexibility index (Phi) is 5.63. The summed E-state index contributed by atoms with van der Waals surface area (Å²) >= 11 is 5.98. The number of halogens is 1. The number of aromatic amines is 1. The molecule has 0 fully saturated rings. The summed E-state index contributed by atoms with van der Waals surface area (Å²) in [4.78, 5) is 19.3. The Balaban J connectivity index is 1.41. The van der Waals surface area contributed by atoms with E-state index in [1.165, 1.54) is 12.3 Å². The predicted octanol–water partition coefficient (Wildman–Crippen LogP) is 4.26. The number of amides is 1. The minimum atomic E-state index is -0.379. The lowest BCUT2D eigenvalue weighted by Crippen LogP contribution is -2.17. The Bertz CT molecular complexity index is 1240. The number of benzene rings is 3. The molecule has 0 radical (unpaired) electrons. The van der Waals surface area contributed by atoms with Gasteiger partial charge in [-0.1, -0.05) is 23.7 Å². The van der Waals surface area contributed by atoms with Crippen molar-refractivity contribution < 1.29 is 14.6 Å². The number of rotatable bonds is 6. The summed E-state index contributed by atoms with van der Waals surface area (Å²) in [7, 11) is 0. The first-order valence-electron chi connectivity index (χ1n) is 9.05. The number of aromatic hydroxyl groups is 1. The van der Waals surface area contributed by atoms with Crippen molar-refractivity contribution in [1.82, 2.24) is 15.4 Å². The maximum atomic E-state index is 12.3. The van der Waals surface area contributed by atoms with E-state index in [9.17, 15) is 9.90 Å². The van der Waals surface area contributed by atoms with Crippen LogP contribution < -0.4 is 10.2 Å². The first kappa shape index (κ1) is 19.5. The van der Waals surface area contributed by atoms with Crippen LogP contribution in [0.15, 0.2) is 72.1 Å². The zero-order valence-electron chi connectivity index (χ0n) is 15.7. The zero-order chi connectivity index (χ0) is 20.9. The van der Waals surface area contributed by atoms with Gasteiger partial charge in [-0.2, -0.15) is 5.10 Å². The van der Waals surface area contributed by atoms with Crippen molar-refractivity contribution in [2.75, 3.05) is 0 Å². The van der Waals surface area contributed by atoms with E-state index in [1.54, 1.807) is 42.7 Å². The van der Waals surface area contributed by atoms with Crippen LogP contribution in [0, 0.1) is 0 Å². The lowest BCUT2D eigenvalue weighted by atomic mass is 10.2. The van der Waals surface area contributed by atoms with Gasteiger partial charge in [0.25, 0.3) is 5.91 Å². The number of nitrogens with one attached hydrogen (secondary N) is 2. The van der Waals surface area contributed by atoms with Gasteiger partial charge in [0.1, 0.15) is 18.1 Å². The molecule has 0 aliphatic carbocycles. The van der Waals surface area contributed by atoms with E-state index in [-0.39, 0.29) is 11.7 Å². The maximum absolute atomic E-state index is 12.3. The van der Waals surface area contributed by atoms with E-state index in [1.807, 2.05) is 18.2 Å². The van der Waals surface area contributed by atoms with E-state index in [4.69, 9.17) is 16.3 Å². The van der Waals surface area contributed by atoms with Crippen molar-refractivity contribution in [2.24, 2.45) is 5.10 Å². The van der Waals surface area contributed by atoms with Gasteiger partial charge in [-0.25, -0.2) is 10.4 Å². The number of aromatic nitrogens is 2. The molecule has 0 aliphatic heterocycles. The summed E-state index contributed by atoms with van der Waals surface area (Å²) in [5.74, 6) is 0.183. The highest BCUT2D eigenvalue weighted by Crippen LogP contribution is 2.23. The average Bonchev–Trinajstić information content (AvgIpc) is 3.22. The van der Waals surface area contributed by atoms with Crippen molar-refractivity contribution in [3.8, 4) is 11.5 Å². The van der Waals surface area contributed by atoms with Crippen LogP contribution >= 0.6 is 11.6 Å². The quantitative estimate of drug-likeness (QED) is 0.320. The molecule has 150 valence electrons. The Morgan fingerprint density at radius 3 is 2.97 bits per heavy atom. The van der Waals surface area contributed by atoms with Crippen LogP contribution in [0.3, 0.4) is 0 Å². The molecule has 3 N–H and O–H groups in total. The standard InChI is InChI=1S/C22H17ClN4O3/c23-17-3-1-2-14(8-17)12-30-18-5-7-21(28)16(9-18)11-26-27-22(29)15-4-6-19-20(10-15)25-13-24-19/h1-11,13,28H,12H2,(H,24,25)(H,27,29)/b26-11+. The highest BCUT2D eigenvalue weighted by atomic mass is 35.5. The fraction of sp³-hybridized carbons (Fsp3) is 0.0455. The fourth-order valence-electron chi connectivity index (χ4n) is 2.82. The molecule has 4 aromatic rings. The molecule has 8 heteroatoms. The largest absolute Gasteiger partial charge is 0.507 e. The van der Waals surface area contributed by atoms with Gasteiger partial charge in [0.15, 0.2) is 0 Å². The molecule has 1 aromatic heterocycles. The van der Waals surface area contributed by atoms with Crippen molar-refractivity contribution in [1.29, 1.82) is 0 Å². The Hall–Kier alpha value is -3.84. The topological polar surface area (TPSA) is 99.6 Å². The molecule has 1 amide bonds. The third-order valence-electron chi connectivity index (χ3n) is 4.35. The average molecular weight is 421 g/mol. The minimum Gasteiger partial charge on any atom is -0.507 e. The third kappa shape index (κ3) is 4.59. The zero-order valence-corrected chi connectivity index (χ0v) is 16.4. The number of hydrogen-bond acceptors (Lipinski definition) is 5. The molecule has 4 rings (SSSR count). The molecule has 0 saturated heterocycles. The fourth-order valence-corrected chi connectivity index (χ4v) is 3.03. The van der Waals surface area contributed by atoms with E-state index in [0.717, 1.165) is 16.6 Å². The van der Waals surface area contributed by atoms with E-state index in [0.29, 0.717) is 28.5 Å². The monoisotopic (exact) mass is 420 g/mol. The number of H-pyrrole nitrogens is 1. The van der Waals surface area contributed by atoms with Crippen LogP contribution in [-0.4, -0.2) is 27.2 Å². The number of hydrogen-bond donors (Lipinski definition) is 3. The lowest BCUT2D eigenvalue weighted by Gasteiger charge is -2.08. The molecule has 30 heavy (non-hydrogen) atoms. The first-order chi connectivity index (χ1) is 14.6. The second-order valence-corrected chi connectivity index (χ2v) is 6.91. The molecule has 1 heterocycles. The van der Waals surface area contributed by atoms with Gasteiger partial charge in [-0.15, -0.1) is 0 Å². The van der Waals surface area contributed by atoms with E-state index in [2.05, 4.69) is 20.5 Å². The van der Waals surface area contributed by atoms with Crippen LogP contribution in [0.2, 0.25) is 5.02 Å². The Morgan fingerprint density at radius 2 is 2.10 bits per heavy atom. The molecule has 0 unspecified atom stereocenters. The number of phenols is 1. The van der Waals surface area contributed by atoms with Gasteiger partial charge in [0.05, 0.1) is 23.6 Å². The van der Waals surface area contributed by atoms with Crippen molar-refractivity contribution in [3.05, 3.63) is 88.7 Å². The summed E-state index contributed by atoms with van der Waals surface area (Å²) in [5.41, 5.74) is 5.74. The van der Waals surface area contributed by atoms with Crippen LogP contribution in [-0.2, 0) is 6.61 Å². The molecule has 0 atom stereocenters. The molecule has 0 aliphatic rings. The first-order valence-corrected chi connectivity index (χ1v) is 9.43. The second-order valence-electron chi connectivity index (χ2n) is 6.47. The summed E-state index contributed by atoms with van der Waals surface area (Å²) < 4.78 is 5.74. The summed E-state index contributed by atoms with van der Waals surface area (Å²) in [6.07, 6.45) is 2.92. The van der Waals surface area contributed by atoms with Gasteiger partial charge in [-0.3, -0.25) is 4.79 Å². The van der Waals surface area contributed by atoms with E-state index < -0.39 is 0 Å². The number of carbonyl (C=O) groups excluding carboxylic acids is 1. The van der Waals surface area contributed by atoms with Crippen molar-refractivity contribution in [3.63, 3.8) is 0 Å².